The Balaban J connectivity index is 1.29. The van der Waals surface area contributed by atoms with E-state index in [9.17, 15) is 4.79 Å². The summed E-state index contributed by atoms with van der Waals surface area (Å²) in [5, 5.41) is 11.3. The molecule has 1 unspecified atom stereocenters. The molecule has 0 saturated heterocycles. The monoisotopic (exact) mass is 434 g/mol. The third-order valence-corrected chi connectivity index (χ3v) is 5.60. The van der Waals surface area contributed by atoms with Crippen molar-refractivity contribution in [1.29, 1.82) is 0 Å². The largest absolute Gasteiger partial charge is 0.489 e. The molecule has 4 rings (SSSR count). The molecule has 158 valence electrons. The number of anilines is 1. The van der Waals surface area contributed by atoms with Crippen molar-refractivity contribution in [3.05, 3.63) is 90.6 Å². The van der Waals surface area contributed by atoms with Crippen LogP contribution in [0.5, 0.6) is 5.75 Å². The third kappa shape index (κ3) is 5.76. The van der Waals surface area contributed by atoms with E-state index in [0.29, 0.717) is 24.0 Å². The van der Waals surface area contributed by atoms with Crippen molar-refractivity contribution in [2.75, 3.05) is 5.32 Å². The van der Waals surface area contributed by atoms with Crippen molar-refractivity contribution in [3.8, 4) is 5.75 Å². The van der Waals surface area contributed by atoms with E-state index in [4.69, 9.17) is 9.15 Å². The van der Waals surface area contributed by atoms with Gasteiger partial charge in [0.2, 0.25) is 5.91 Å². The van der Waals surface area contributed by atoms with Gasteiger partial charge in [0.05, 0.1) is 18.1 Å². The van der Waals surface area contributed by atoms with Crippen molar-refractivity contribution in [2.45, 2.75) is 30.5 Å². The topological polar surface area (TPSA) is 82.2 Å². The van der Waals surface area contributed by atoms with Crippen molar-refractivity contribution in [2.24, 2.45) is 0 Å². The van der Waals surface area contributed by atoms with Crippen LogP contribution in [0.1, 0.15) is 18.2 Å². The molecule has 1 amide bonds. The number of benzene rings is 2. The van der Waals surface area contributed by atoms with Crippen LogP contribution in [0.25, 0.3) is 0 Å². The minimum absolute atomic E-state index is 0.115. The lowest BCUT2D eigenvalue weighted by atomic mass is 10.2. The minimum atomic E-state index is -0.353. The second kappa shape index (κ2) is 9.99. The molecule has 1 atom stereocenters. The van der Waals surface area contributed by atoms with Crippen LogP contribution in [-0.4, -0.2) is 25.9 Å². The first-order valence-electron chi connectivity index (χ1n) is 9.82. The molecule has 0 aliphatic rings. The Labute approximate surface area is 184 Å². The Kier molecular flexibility index (Phi) is 6.68. The van der Waals surface area contributed by atoms with Gasteiger partial charge < -0.3 is 19.0 Å². The van der Waals surface area contributed by atoms with Gasteiger partial charge in [-0.15, -0.1) is 10.2 Å². The van der Waals surface area contributed by atoms with Crippen LogP contribution < -0.4 is 10.1 Å². The highest BCUT2D eigenvalue weighted by molar-refractivity contribution is 8.00. The summed E-state index contributed by atoms with van der Waals surface area (Å²) in [6.45, 7) is 2.85. The molecule has 8 heteroatoms. The first kappa shape index (κ1) is 20.7. The van der Waals surface area contributed by atoms with Crippen LogP contribution in [-0.2, 0) is 17.9 Å². The van der Waals surface area contributed by atoms with Gasteiger partial charge in [0, 0.05) is 5.69 Å². The van der Waals surface area contributed by atoms with Gasteiger partial charge >= 0.3 is 0 Å². The average molecular weight is 435 g/mol. The molecule has 1 N–H and O–H groups in total. The molecule has 0 bridgehead atoms. The van der Waals surface area contributed by atoms with Crippen molar-refractivity contribution in [1.82, 2.24) is 14.8 Å². The summed E-state index contributed by atoms with van der Waals surface area (Å²) in [5.41, 5.74) is 1.81. The number of hydrogen-bond acceptors (Lipinski definition) is 6. The number of nitrogens with zero attached hydrogens (tertiary/aromatic N) is 3. The Morgan fingerprint density at radius 2 is 1.94 bits per heavy atom. The van der Waals surface area contributed by atoms with Gasteiger partial charge in [-0.25, -0.2) is 0 Å². The Morgan fingerprint density at radius 3 is 2.68 bits per heavy atom. The quantitative estimate of drug-likeness (QED) is 0.387. The number of carbonyl (C=O) groups excluding carboxylic acids is 1. The van der Waals surface area contributed by atoms with Gasteiger partial charge in [-0.2, -0.15) is 0 Å². The van der Waals surface area contributed by atoms with E-state index in [0.717, 1.165) is 17.1 Å². The van der Waals surface area contributed by atoms with Gasteiger partial charge in [0.1, 0.15) is 24.4 Å². The lowest BCUT2D eigenvalue weighted by Gasteiger charge is -2.13. The minimum Gasteiger partial charge on any atom is -0.489 e. The molecule has 2 aromatic heterocycles. The number of thioether (sulfide) groups is 1. The van der Waals surface area contributed by atoms with E-state index < -0.39 is 0 Å². The van der Waals surface area contributed by atoms with E-state index in [1.54, 1.807) is 12.6 Å². The Bertz CT molecular complexity index is 1100. The van der Waals surface area contributed by atoms with E-state index in [1.165, 1.54) is 11.8 Å². The van der Waals surface area contributed by atoms with Crippen molar-refractivity contribution < 1.29 is 13.9 Å². The normalized spacial score (nSPS) is 11.8. The van der Waals surface area contributed by atoms with Crippen LogP contribution in [0.2, 0.25) is 0 Å². The summed E-state index contributed by atoms with van der Waals surface area (Å²) in [6.07, 6.45) is 3.25. The SMILES string of the molecule is CC(Sc1nncn1Cc1ccco1)C(=O)Nc1ccc(OCc2ccccc2)cc1. The number of furan rings is 1. The van der Waals surface area contributed by atoms with E-state index >= 15 is 0 Å². The molecule has 7 nitrogen and oxygen atoms in total. The van der Waals surface area contributed by atoms with Gasteiger partial charge in [0.25, 0.3) is 0 Å². The van der Waals surface area contributed by atoms with Crippen molar-refractivity contribution >= 4 is 23.4 Å². The Morgan fingerprint density at radius 1 is 1.13 bits per heavy atom. The lowest BCUT2D eigenvalue weighted by Crippen LogP contribution is -2.22. The molecule has 2 heterocycles. The number of hydrogen-bond donors (Lipinski definition) is 1. The number of aromatic nitrogens is 3. The summed E-state index contributed by atoms with van der Waals surface area (Å²) in [5.74, 6) is 1.43. The zero-order chi connectivity index (χ0) is 21.5. The average Bonchev–Trinajstić information content (AvgIpc) is 3.47. The molecular weight excluding hydrogens is 412 g/mol. The summed E-state index contributed by atoms with van der Waals surface area (Å²) in [6, 6.07) is 21.0. The standard InChI is InChI=1S/C23H22N4O3S/c1-17(31-23-26-24-16-27(23)14-21-8-5-13-29-21)22(28)25-19-9-11-20(12-10-19)30-15-18-6-3-2-4-7-18/h2-13,16-17H,14-15H2,1H3,(H,25,28). The molecule has 31 heavy (non-hydrogen) atoms. The molecule has 0 saturated carbocycles. The molecule has 0 aliphatic carbocycles. The lowest BCUT2D eigenvalue weighted by molar-refractivity contribution is -0.115. The predicted octanol–water partition coefficient (Wildman–Crippen LogP) is 4.62. The van der Waals surface area contributed by atoms with E-state index in [-0.39, 0.29) is 11.2 Å². The summed E-state index contributed by atoms with van der Waals surface area (Å²) >= 11 is 1.35. The summed E-state index contributed by atoms with van der Waals surface area (Å²) in [7, 11) is 0. The molecule has 0 aliphatic heterocycles. The highest BCUT2D eigenvalue weighted by Gasteiger charge is 2.18. The molecule has 0 radical (unpaired) electrons. The first-order valence-corrected chi connectivity index (χ1v) is 10.7. The molecule has 0 fully saturated rings. The number of carbonyl (C=O) groups is 1. The second-order valence-corrected chi connectivity index (χ2v) is 8.18. The van der Waals surface area contributed by atoms with Gasteiger partial charge in [-0.05, 0) is 48.9 Å². The van der Waals surface area contributed by atoms with Gasteiger partial charge in [-0.1, -0.05) is 42.1 Å². The highest BCUT2D eigenvalue weighted by Crippen LogP contribution is 2.24. The zero-order valence-electron chi connectivity index (χ0n) is 17.0. The van der Waals surface area contributed by atoms with Crippen LogP contribution in [0, 0.1) is 0 Å². The van der Waals surface area contributed by atoms with Crippen molar-refractivity contribution in [3.63, 3.8) is 0 Å². The maximum absolute atomic E-state index is 12.6. The summed E-state index contributed by atoms with van der Waals surface area (Å²) < 4.78 is 13.0. The first-order chi connectivity index (χ1) is 15.2. The zero-order valence-corrected chi connectivity index (χ0v) is 17.8. The van der Waals surface area contributed by atoms with Gasteiger partial charge in [0.15, 0.2) is 5.16 Å². The number of ether oxygens (including phenoxy) is 1. The molecule has 4 aromatic rings. The molecule has 2 aromatic carbocycles. The van der Waals surface area contributed by atoms with E-state index in [2.05, 4.69) is 15.5 Å². The summed E-state index contributed by atoms with van der Waals surface area (Å²) in [4.78, 5) is 12.6. The maximum atomic E-state index is 12.6. The fraction of sp³-hybridized carbons (Fsp3) is 0.174. The van der Waals surface area contributed by atoms with Crippen LogP contribution >= 0.6 is 11.8 Å². The van der Waals surface area contributed by atoms with E-state index in [1.807, 2.05) is 78.2 Å². The number of amides is 1. The fourth-order valence-corrected chi connectivity index (χ4v) is 3.67. The second-order valence-electron chi connectivity index (χ2n) is 6.87. The highest BCUT2D eigenvalue weighted by atomic mass is 32.2. The van der Waals surface area contributed by atoms with Crippen LogP contribution in [0.4, 0.5) is 5.69 Å². The van der Waals surface area contributed by atoms with Crippen LogP contribution in [0.3, 0.4) is 0 Å². The predicted molar refractivity (Wildman–Crippen MR) is 119 cm³/mol. The smallest absolute Gasteiger partial charge is 0.237 e. The molecular formula is C23H22N4O3S. The van der Waals surface area contributed by atoms with Crippen LogP contribution in [0.15, 0.2) is 88.9 Å². The Hall–Kier alpha value is -3.52. The van der Waals surface area contributed by atoms with Gasteiger partial charge in [-0.3, -0.25) is 4.79 Å². The fourth-order valence-electron chi connectivity index (χ4n) is 2.85. The number of nitrogens with one attached hydrogen (secondary N) is 1. The number of rotatable bonds is 9. The molecule has 0 spiro atoms. The third-order valence-electron chi connectivity index (χ3n) is 4.51. The maximum Gasteiger partial charge on any atom is 0.237 e.